The van der Waals surface area contributed by atoms with Crippen LogP contribution >= 0.6 is 0 Å². The van der Waals surface area contributed by atoms with E-state index in [0.29, 0.717) is 23.2 Å². The van der Waals surface area contributed by atoms with Crippen molar-refractivity contribution in [2.24, 2.45) is 0 Å². The van der Waals surface area contributed by atoms with Crippen molar-refractivity contribution in [2.45, 2.75) is 12.5 Å². The molecule has 0 saturated heterocycles. The second-order valence-electron chi connectivity index (χ2n) is 5.07. The molecule has 1 aliphatic heterocycles. The minimum atomic E-state index is -0.617. The highest BCUT2D eigenvalue weighted by atomic mass is 16.2. The molecule has 2 aromatic rings. The minimum Gasteiger partial charge on any atom is -0.340 e. The molecule has 0 aromatic heterocycles. The van der Waals surface area contributed by atoms with Crippen LogP contribution in [0.3, 0.4) is 0 Å². The molecule has 3 rings (SSSR count). The zero-order valence-corrected chi connectivity index (χ0v) is 11.7. The van der Waals surface area contributed by atoms with Gasteiger partial charge in [0.1, 0.15) is 6.04 Å². The first kappa shape index (κ1) is 13.8. The largest absolute Gasteiger partial charge is 0.340 e. The molecule has 108 valence electrons. The fraction of sp³-hybridized carbons (Fsp3) is 0.118. The average molecular weight is 291 g/mol. The van der Waals surface area contributed by atoms with Gasteiger partial charge in [-0.25, -0.2) is 0 Å². The number of hydrogen-bond acceptors (Lipinski definition) is 3. The molecule has 0 saturated carbocycles. The van der Waals surface area contributed by atoms with Crippen LogP contribution in [0.5, 0.6) is 0 Å². The van der Waals surface area contributed by atoms with E-state index in [-0.39, 0.29) is 11.8 Å². The molecule has 5 nitrogen and oxygen atoms in total. The van der Waals surface area contributed by atoms with Gasteiger partial charge in [0.05, 0.1) is 11.6 Å². The maximum absolute atomic E-state index is 12.3. The Labute approximate surface area is 127 Å². The van der Waals surface area contributed by atoms with Crippen molar-refractivity contribution in [3.05, 3.63) is 65.2 Å². The number of amides is 2. The van der Waals surface area contributed by atoms with Gasteiger partial charge in [-0.1, -0.05) is 24.3 Å². The van der Waals surface area contributed by atoms with Gasteiger partial charge in [0.25, 0.3) is 5.91 Å². The van der Waals surface area contributed by atoms with E-state index in [1.807, 2.05) is 18.2 Å². The Morgan fingerprint density at radius 2 is 2.05 bits per heavy atom. The number of anilines is 1. The first-order chi connectivity index (χ1) is 10.7. The van der Waals surface area contributed by atoms with E-state index < -0.39 is 6.04 Å². The van der Waals surface area contributed by atoms with Crippen molar-refractivity contribution in [3.8, 4) is 6.07 Å². The number of benzene rings is 2. The van der Waals surface area contributed by atoms with Crippen molar-refractivity contribution in [1.29, 1.82) is 5.26 Å². The summed E-state index contributed by atoms with van der Waals surface area (Å²) >= 11 is 0. The number of hydrogen-bond donors (Lipinski definition) is 2. The third-order valence-corrected chi connectivity index (χ3v) is 3.57. The number of carbonyl (C=O) groups excluding carboxylic acids is 2. The van der Waals surface area contributed by atoms with Gasteiger partial charge in [-0.05, 0) is 29.8 Å². The van der Waals surface area contributed by atoms with Crippen molar-refractivity contribution in [1.82, 2.24) is 5.32 Å². The molecule has 1 unspecified atom stereocenters. The Bertz CT molecular complexity index is 792. The first-order valence-corrected chi connectivity index (χ1v) is 6.87. The van der Waals surface area contributed by atoms with E-state index >= 15 is 0 Å². The second-order valence-corrected chi connectivity index (χ2v) is 5.07. The summed E-state index contributed by atoms with van der Waals surface area (Å²) in [6, 6.07) is 15.3. The van der Waals surface area contributed by atoms with Gasteiger partial charge in [-0.3, -0.25) is 9.59 Å². The summed E-state index contributed by atoms with van der Waals surface area (Å²) in [6.45, 7) is 0. The standard InChI is InChI=1S/C17H13N3O2/c18-10-11-4-3-6-13(8-11)19-17(22)15-9-12-5-1-2-7-14(12)16(21)20-15/h1-8,15H,9H2,(H,19,22)(H,20,21). The van der Waals surface area contributed by atoms with E-state index in [2.05, 4.69) is 10.6 Å². The van der Waals surface area contributed by atoms with E-state index in [0.717, 1.165) is 5.56 Å². The van der Waals surface area contributed by atoms with Crippen LogP contribution in [0, 0.1) is 11.3 Å². The molecular formula is C17H13N3O2. The molecule has 0 bridgehead atoms. The van der Waals surface area contributed by atoms with Crippen molar-refractivity contribution < 1.29 is 9.59 Å². The summed E-state index contributed by atoms with van der Waals surface area (Å²) in [7, 11) is 0. The summed E-state index contributed by atoms with van der Waals surface area (Å²) in [5.74, 6) is -0.536. The van der Waals surface area contributed by atoms with Gasteiger partial charge >= 0.3 is 0 Å². The molecule has 5 heteroatoms. The lowest BCUT2D eigenvalue weighted by Gasteiger charge is -2.24. The summed E-state index contributed by atoms with van der Waals surface area (Å²) in [5.41, 5.74) is 2.48. The predicted molar refractivity (Wildman–Crippen MR) is 81.2 cm³/mol. The lowest BCUT2D eigenvalue weighted by atomic mass is 9.95. The van der Waals surface area contributed by atoms with Crippen LogP contribution in [-0.2, 0) is 11.2 Å². The fourth-order valence-electron chi connectivity index (χ4n) is 2.48. The highest BCUT2D eigenvalue weighted by molar-refractivity contribution is 6.03. The first-order valence-electron chi connectivity index (χ1n) is 6.87. The Balaban J connectivity index is 1.77. The van der Waals surface area contributed by atoms with Crippen LogP contribution in [0.2, 0.25) is 0 Å². The highest BCUT2D eigenvalue weighted by Crippen LogP contribution is 2.18. The average Bonchev–Trinajstić information content (AvgIpc) is 2.55. The van der Waals surface area contributed by atoms with Crippen LogP contribution in [0.1, 0.15) is 21.5 Å². The number of nitrogens with zero attached hydrogens (tertiary/aromatic N) is 1. The zero-order chi connectivity index (χ0) is 15.5. The smallest absolute Gasteiger partial charge is 0.252 e. The summed E-state index contributed by atoms with van der Waals surface area (Å²) in [6.07, 6.45) is 0.450. The van der Waals surface area contributed by atoms with E-state index in [1.54, 1.807) is 36.4 Å². The minimum absolute atomic E-state index is 0.243. The molecule has 22 heavy (non-hydrogen) atoms. The van der Waals surface area contributed by atoms with Gasteiger partial charge in [-0.15, -0.1) is 0 Å². The molecule has 0 fully saturated rings. The second kappa shape index (κ2) is 5.70. The van der Waals surface area contributed by atoms with Gasteiger partial charge in [0, 0.05) is 17.7 Å². The maximum atomic E-state index is 12.3. The fourth-order valence-corrected chi connectivity index (χ4v) is 2.48. The molecule has 2 amide bonds. The van der Waals surface area contributed by atoms with Gasteiger partial charge in [-0.2, -0.15) is 5.26 Å². The third-order valence-electron chi connectivity index (χ3n) is 3.57. The SMILES string of the molecule is N#Cc1cccc(NC(=O)C2Cc3ccccc3C(=O)N2)c1. The quantitative estimate of drug-likeness (QED) is 0.886. The lowest BCUT2D eigenvalue weighted by Crippen LogP contribution is -2.48. The maximum Gasteiger partial charge on any atom is 0.252 e. The molecule has 1 atom stereocenters. The van der Waals surface area contributed by atoms with Crippen LogP contribution in [0.4, 0.5) is 5.69 Å². The van der Waals surface area contributed by atoms with E-state index in [1.165, 1.54) is 0 Å². The molecule has 0 aliphatic carbocycles. The van der Waals surface area contributed by atoms with Crippen molar-refractivity contribution >= 4 is 17.5 Å². The summed E-state index contributed by atoms with van der Waals surface area (Å²) in [5, 5.41) is 14.3. The van der Waals surface area contributed by atoms with Gasteiger partial charge < -0.3 is 10.6 Å². The predicted octanol–water partition coefficient (Wildman–Crippen LogP) is 1.85. The number of nitriles is 1. The monoisotopic (exact) mass is 291 g/mol. The Kier molecular flexibility index (Phi) is 3.58. The Hall–Kier alpha value is -3.13. The van der Waals surface area contributed by atoms with Gasteiger partial charge in [0.15, 0.2) is 0 Å². The Morgan fingerprint density at radius 1 is 1.23 bits per heavy atom. The number of nitrogens with one attached hydrogen (secondary N) is 2. The van der Waals surface area contributed by atoms with Crippen molar-refractivity contribution in [3.63, 3.8) is 0 Å². The molecule has 1 heterocycles. The molecular weight excluding hydrogens is 278 g/mol. The normalized spacial score (nSPS) is 16.1. The van der Waals surface area contributed by atoms with Crippen LogP contribution < -0.4 is 10.6 Å². The topological polar surface area (TPSA) is 82.0 Å². The number of carbonyl (C=O) groups is 2. The van der Waals surface area contributed by atoms with Gasteiger partial charge in [0.2, 0.25) is 5.91 Å². The van der Waals surface area contributed by atoms with E-state index in [4.69, 9.17) is 5.26 Å². The number of rotatable bonds is 2. The Morgan fingerprint density at radius 3 is 2.86 bits per heavy atom. The van der Waals surface area contributed by atoms with Crippen LogP contribution in [0.15, 0.2) is 48.5 Å². The molecule has 0 radical (unpaired) electrons. The summed E-state index contributed by atoms with van der Waals surface area (Å²) < 4.78 is 0. The molecule has 2 aromatic carbocycles. The third kappa shape index (κ3) is 2.67. The molecule has 2 N–H and O–H groups in total. The van der Waals surface area contributed by atoms with E-state index in [9.17, 15) is 9.59 Å². The highest BCUT2D eigenvalue weighted by Gasteiger charge is 2.28. The molecule has 0 spiro atoms. The zero-order valence-electron chi connectivity index (χ0n) is 11.7. The lowest BCUT2D eigenvalue weighted by molar-refractivity contribution is -0.118. The molecule has 1 aliphatic rings. The summed E-state index contributed by atoms with van der Waals surface area (Å²) in [4.78, 5) is 24.3. The van der Waals surface area contributed by atoms with Crippen LogP contribution in [-0.4, -0.2) is 17.9 Å². The van der Waals surface area contributed by atoms with Crippen molar-refractivity contribution in [2.75, 3.05) is 5.32 Å². The number of fused-ring (bicyclic) bond motifs is 1. The van der Waals surface area contributed by atoms with Crippen LogP contribution in [0.25, 0.3) is 0 Å².